The Labute approximate surface area is 193 Å². The highest BCUT2D eigenvalue weighted by atomic mass is 79.9. The molecule has 2 amide bonds. The Hall–Kier alpha value is -2.77. The number of rotatable bonds is 4. The molecular weight excluding hydrogens is 474 g/mol. The first-order valence-corrected chi connectivity index (χ1v) is 11.6. The van der Waals surface area contributed by atoms with Gasteiger partial charge in [-0.3, -0.25) is 9.59 Å². The zero-order valence-electron chi connectivity index (χ0n) is 17.5. The van der Waals surface area contributed by atoms with Gasteiger partial charge in [0.25, 0.3) is 0 Å². The largest absolute Gasteiger partial charge is 0.324 e. The number of halogens is 1. The van der Waals surface area contributed by atoms with Gasteiger partial charge in [0.05, 0.1) is 29.2 Å². The maximum Gasteiger partial charge on any atom is 0.244 e. The van der Waals surface area contributed by atoms with Gasteiger partial charge < -0.3 is 10.2 Å². The van der Waals surface area contributed by atoms with Crippen molar-refractivity contribution in [1.29, 1.82) is 0 Å². The van der Waals surface area contributed by atoms with Gasteiger partial charge in [-0.2, -0.15) is 0 Å². The smallest absolute Gasteiger partial charge is 0.244 e. The maximum atomic E-state index is 13.2. The molecule has 1 aliphatic rings. The maximum absolute atomic E-state index is 13.2. The van der Waals surface area contributed by atoms with Gasteiger partial charge in [0, 0.05) is 9.35 Å². The molecule has 0 fully saturated rings. The van der Waals surface area contributed by atoms with E-state index in [9.17, 15) is 9.59 Å². The summed E-state index contributed by atoms with van der Waals surface area (Å²) in [4.78, 5) is 33.5. The van der Waals surface area contributed by atoms with Crippen LogP contribution in [0.4, 0.5) is 17.1 Å². The molecule has 31 heavy (non-hydrogen) atoms. The first-order chi connectivity index (χ1) is 14.8. The van der Waals surface area contributed by atoms with Crippen LogP contribution in [0.25, 0.3) is 0 Å². The fourth-order valence-electron chi connectivity index (χ4n) is 3.46. The number of thiophene rings is 1. The predicted octanol–water partition coefficient (Wildman–Crippen LogP) is 5.93. The summed E-state index contributed by atoms with van der Waals surface area (Å²) in [6.45, 7) is 5.92. The van der Waals surface area contributed by atoms with E-state index in [1.165, 1.54) is 0 Å². The summed E-state index contributed by atoms with van der Waals surface area (Å²) in [5.74, 6) is -0.408. The number of hydrogen-bond donors (Lipinski definition) is 1. The SMILES string of the molecule is Cc1ccc(NC(=O)CN2C(=O)CC(c3cccs3)=Nc3cc(C)c(C)cc32)c(Br)c1. The van der Waals surface area contributed by atoms with E-state index in [-0.39, 0.29) is 24.8 Å². The van der Waals surface area contributed by atoms with Gasteiger partial charge in [0.1, 0.15) is 6.54 Å². The number of fused-ring (bicyclic) bond motifs is 1. The van der Waals surface area contributed by atoms with Crippen molar-refractivity contribution >= 4 is 61.9 Å². The van der Waals surface area contributed by atoms with Crippen molar-refractivity contribution in [2.75, 3.05) is 16.8 Å². The molecule has 158 valence electrons. The third-order valence-electron chi connectivity index (χ3n) is 5.26. The van der Waals surface area contributed by atoms with Gasteiger partial charge in [0.2, 0.25) is 11.8 Å². The fourth-order valence-corrected chi connectivity index (χ4v) is 4.77. The Balaban J connectivity index is 1.66. The third-order valence-corrected chi connectivity index (χ3v) is 6.84. The summed E-state index contributed by atoms with van der Waals surface area (Å²) in [5.41, 5.74) is 6.01. The summed E-state index contributed by atoms with van der Waals surface area (Å²) in [5, 5.41) is 4.88. The van der Waals surface area contributed by atoms with E-state index in [1.54, 1.807) is 16.2 Å². The molecule has 4 rings (SSSR count). The summed E-state index contributed by atoms with van der Waals surface area (Å²) in [7, 11) is 0. The van der Waals surface area contributed by atoms with E-state index in [4.69, 9.17) is 4.99 Å². The molecule has 0 radical (unpaired) electrons. The Morgan fingerprint density at radius 3 is 2.65 bits per heavy atom. The van der Waals surface area contributed by atoms with Crippen molar-refractivity contribution in [2.45, 2.75) is 27.2 Å². The van der Waals surface area contributed by atoms with Crippen molar-refractivity contribution in [3.05, 3.63) is 73.9 Å². The summed E-state index contributed by atoms with van der Waals surface area (Å²) < 4.78 is 0.804. The highest BCUT2D eigenvalue weighted by molar-refractivity contribution is 9.10. The first-order valence-electron chi connectivity index (χ1n) is 9.91. The summed E-state index contributed by atoms with van der Waals surface area (Å²) in [6.07, 6.45) is 0.148. The third kappa shape index (κ3) is 4.62. The lowest BCUT2D eigenvalue weighted by molar-refractivity contribution is -0.120. The normalized spacial score (nSPS) is 13.5. The minimum Gasteiger partial charge on any atom is -0.324 e. The van der Waals surface area contributed by atoms with Crippen molar-refractivity contribution < 1.29 is 9.59 Å². The lowest BCUT2D eigenvalue weighted by Crippen LogP contribution is -2.38. The summed E-state index contributed by atoms with van der Waals surface area (Å²) in [6, 6.07) is 13.6. The first kappa shape index (κ1) is 21.5. The Bertz CT molecular complexity index is 1200. The van der Waals surface area contributed by atoms with Crippen molar-refractivity contribution in [3.63, 3.8) is 0 Å². The van der Waals surface area contributed by atoms with E-state index in [1.807, 2.05) is 68.6 Å². The van der Waals surface area contributed by atoms with Gasteiger partial charge in [-0.15, -0.1) is 11.3 Å². The standard InChI is InChI=1S/C24H22BrN3O2S/c1-14-6-7-18(17(25)9-14)27-23(29)13-28-21-11-16(3)15(2)10-19(21)26-20(12-24(28)30)22-5-4-8-31-22/h4-11H,12-13H2,1-3H3,(H,27,29). The van der Waals surface area contributed by atoms with Crippen LogP contribution in [-0.2, 0) is 9.59 Å². The van der Waals surface area contributed by atoms with E-state index in [2.05, 4.69) is 21.2 Å². The highest BCUT2D eigenvalue weighted by Gasteiger charge is 2.27. The second-order valence-corrected chi connectivity index (χ2v) is 9.45. The van der Waals surface area contributed by atoms with E-state index in [0.717, 1.165) is 31.8 Å². The van der Waals surface area contributed by atoms with Gasteiger partial charge in [-0.25, -0.2) is 4.99 Å². The second-order valence-electron chi connectivity index (χ2n) is 7.65. The van der Waals surface area contributed by atoms with Gasteiger partial charge in [0.15, 0.2) is 0 Å². The Morgan fingerprint density at radius 1 is 1.16 bits per heavy atom. The molecule has 0 saturated heterocycles. The van der Waals surface area contributed by atoms with Gasteiger partial charge in [-0.1, -0.05) is 12.1 Å². The number of nitrogens with zero attached hydrogens (tertiary/aromatic N) is 2. The van der Waals surface area contributed by atoms with Crippen LogP contribution in [-0.4, -0.2) is 24.1 Å². The minimum absolute atomic E-state index is 0.0815. The molecule has 7 heteroatoms. The molecule has 1 aliphatic heterocycles. The van der Waals surface area contributed by atoms with Crippen molar-refractivity contribution in [1.82, 2.24) is 0 Å². The van der Waals surface area contributed by atoms with Crippen LogP contribution >= 0.6 is 27.3 Å². The molecular formula is C24H22BrN3O2S. The van der Waals surface area contributed by atoms with Crippen molar-refractivity contribution in [3.8, 4) is 0 Å². The quantitative estimate of drug-likeness (QED) is 0.487. The molecule has 5 nitrogen and oxygen atoms in total. The van der Waals surface area contributed by atoms with Crippen LogP contribution in [0.3, 0.4) is 0 Å². The van der Waals surface area contributed by atoms with Crippen LogP contribution in [0.5, 0.6) is 0 Å². The number of carbonyl (C=O) groups is 2. The monoisotopic (exact) mass is 495 g/mol. The topological polar surface area (TPSA) is 61.8 Å². The molecule has 0 spiro atoms. The molecule has 0 unspecified atom stereocenters. The fraction of sp³-hybridized carbons (Fsp3) is 0.208. The van der Waals surface area contributed by atoms with Crippen LogP contribution < -0.4 is 10.2 Å². The van der Waals surface area contributed by atoms with E-state index >= 15 is 0 Å². The van der Waals surface area contributed by atoms with Crippen molar-refractivity contribution in [2.24, 2.45) is 4.99 Å². The molecule has 0 saturated carbocycles. The second kappa shape index (κ2) is 8.77. The molecule has 2 heterocycles. The highest BCUT2D eigenvalue weighted by Crippen LogP contribution is 2.36. The van der Waals surface area contributed by atoms with Crippen LogP contribution in [0, 0.1) is 20.8 Å². The molecule has 0 aliphatic carbocycles. The number of carbonyl (C=O) groups excluding carboxylic acids is 2. The molecule has 0 bridgehead atoms. The molecule has 3 aromatic rings. The lowest BCUT2D eigenvalue weighted by atomic mass is 10.1. The van der Waals surface area contributed by atoms with Gasteiger partial charge in [-0.05, 0) is 89.1 Å². The molecule has 1 aromatic heterocycles. The molecule has 2 aromatic carbocycles. The number of aryl methyl sites for hydroxylation is 3. The Kier molecular flexibility index (Phi) is 6.07. The van der Waals surface area contributed by atoms with Crippen LogP contribution in [0.1, 0.15) is 28.0 Å². The van der Waals surface area contributed by atoms with E-state index in [0.29, 0.717) is 17.1 Å². The number of aliphatic imine (C=N–C) groups is 1. The average molecular weight is 496 g/mol. The number of benzene rings is 2. The zero-order valence-corrected chi connectivity index (χ0v) is 19.9. The average Bonchev–Trinajstić information content (AvgIpc) is 3.21. The number of amides is 2. The zero-order chi connectivity index (χ0) is 22.1. The number of hydrogen-bond acceptors (Lipinski definition) is 4. The minimum atomic E-state index is -0.262. The lowest BCUT2D eigenvalue weighted by Gasteiger charge is -2.23. The van der Waals surface area contributed by atoms with Crippen LogP contribution in [0.15, 0.2) is 57.3 Å². The summed E-state index contributed by atoms with van der Waals surface area (Å²) >= 11 is 5.04. The van der Waals surface area contributed by atoms with E-state index < -0.39 is 0 Å². The van der Waals surface area contributed by atoms with Gasteiger partial charge >= 0.3 is 0 Å². The number of anilines is 2. The van der Waals surface area contributed by atoms with Crippen LogP contribution in [0.2, 0.25) is 0 Å². The predicted molar refractivity (Wildman–Crippen MR) is 131 cm³/mol. The molecule has 1 N–H and O–H groups in total. The number of nitrogens with one attached hydrogen (secondary N) is 1. The molecule has 0 atom stereocenters. The Morgan fingerprint density at radius 2 is 1.94 bits per heavy atom.